The molecule has 0 aliphatic heterocycles. The number of alkyl halides is 1. The van der Waals surface area contributed by atoms with Gasteiger partial charge in [-0.2, -0.15) is 5.10 Å². The fourth-order valence-corrected chi connectivity index (χ4v) is 1.92. The van der Waals surface area contributed by atoms with Crippen LogP contribution in [0.15, 0.2) is 36.5 Å². The van der Waals surface area contributed by atoms with Crippen molar-refractivity contribution in [1.29, 1.82) is 0 Å². The van der Waals surface area contributed by atoms with Crippen molar-refractivity contribution in [3.63, 3.8) is 0 Å². The SMILES string of the molecule is CC(C)n1nccc1NC(=O)Nc1cccc(OCCF)c1. The van der Waals surface area contributed by atoms with Crippen molar-refractivity contribution in [3.05, 3.63) is 36.5 Å². The Morgan fingerprint density at radius 3 is 2.91 bits per heavy atom. The first kappa shape index (κ1) is 15.8. The third-order valence-electron chi connectivity index (χ3n) is 2.84. The molecule has 1 aromatic heterocycles. The fraction of sp³-hybridized carbons (Fsp3) is 0.333. The summed E-state index contributed by atoms with van der Waals surface area (Å²) in [7, 11) is 0. The van der Waals surface area contributed by atoms with E-state index in [-0.39, 0.29) is 18.7 Å². The second-order valence-corrected chi connectivity index (χ2v) is 4.90. The maximum atomic E-state index is 12.1. The van der Waals surface area contributed by atoms with Crippen molar-refractivity contribution in [3.8, 4) is 5.75 Å². The molecule has 0 bridgehead atoms. The first-order valence-corrected chi connectivity index (χ1v) is 7.00. The molecule has 1 aromatic carbocycles. The van der Waals surface area contributed by atoms with E-state index in [1.807, 2.05) is 13.8 Å². The highest BCUT2D eigenvalue weighted by atomic mass is 19.1. The summed E-state index contributed by atoms with van der Waals surface area (Å²) < 4.78 is 19.0. The lowest BCUT2D eigenvalue weighted by Gasteiger charge is -2.13. The Kier molecular flexibility index (Phi) is 5.35. The number of rotatable bonds is 6. The Morgan fingerprint density at radius 1 is 1.36 bits per heavy atom. The Morgan fingerprint density at radius 2 is 2.18 bits per heavy atom. The molecule has 2 rings (SSSR count). The van der Waals surface area contributed by atoms with E-state index in [1.165, 1.54) is 0 Å². The number of carbonyl (C=O) groups is 1. The van der Waals surface area contributed by atoms with E-state index in [9.17, 15) is 9.18 Å². The zero-order valence-corrected chi connectivity index (χ0v) is 12.5. The highest BCUT2D eigenvalue weighted by Crippen LogP contribution is 2.18. The third kappa shape index (κ3) is 4.21. The maximum absolute atomic E-state index is 12.1. The number of amides is 2. The summed E-state index contributed by atoms with van der Waals surface area (Å²) in [6, 6.07) is 8.26. The maximum Gasteiger partial charge on any atom is 0.324 e. The van der Waals surface area contributed by atoms with Gasteiger partial charge in [-0.3, -0.25) is 5.32 Å². The number of carbonyl (C=O) groups excluding carboxylic acids is 1. The van der Waals surface area contributed by atoms with E-state index in [2.05, 4.69) is 15.7 Å². The molecule has 0 unspecified atom stereocenters. The summed E-state index contributed by atoms with van der Waals surface area (Å²) in [4.78, 5) is 12.0. The van der Waals surface area contributed by atoms with Gasteiger partial charge in [0.1, 0.15) is 24.8 Å². The first-order valence-electron chi connectivity index (χ1n) is 7.00. The van der Waals surface area contributed by atoms with Crippen LogP contribution in [0.5, 0.6) is 5.75 Å². The van der Waals surface area contributed by atoms with E-state index in [0.29, 0.717) is 17.3 Å². The highest BCUT2D eigenvalue weighted by molar-refractivity contribution is 5.99. The molecule has 0 saturated carbocycles. The number of halogens is 1. The molecule has 0 spiro atoms. The average molecular weight is 306 g/mol. The van der Waals surface area contributed by atoms with Gasteiger partial charge in [0.05, 0.1) is 6.20 Å². The summed E-state index contributed by atoms with van der Waals surface area (Å²) in [6.45, 7) is 3.38. The minimum absolute atomic E-state index is 0.0107. The molecule has 0 aliphatic carbocycles. The zero-order valence-electron chi connectivity index (χ0n) is 12.5. The molecule has 0 aliphatic rings. The largest absolute Gasteiger partial charge is 0.491 e. The van der Waals surface area contributed by atoms with Gasteiger partial charge in [0.2, 0.25) is 0 Å². The molecule has 118 valence electrons. The topological polar surface area (TPSA) is 68.2 Å². The van der Waals surface area contributed by atoms with Gasteiger partial charge in [-0.1, -0.05) is 6.07 Å². The predicted octanol–water partition coefficient (Wildman–Crippen LogP) is 3.46. The molecule has 6 nitrogen and oxygen atoms in total. The van der Waals surface area contributed by atoms with Crippen LogP contribution in [0.2, 0.25) is 0 Å². The quantitative estimate of drug-likeness (QED) is 0.859. The predicted molar refractivity (Wildman–Crippen MR) is 83.2 cm³/mol. The lowest BCUT2D eigenvalue weighted by molar-refractivity contribution is 0.262. The fourth-order valence-electron chi connectivity index (χ4n) is 1.92. The highest BCUT2D eigenvalue weighted by Gasteiger charge is 2.09. The minimum atomic E-state index is -0.558. The summed E-state index contributed by atoms with van der Waals surface area (Å²) >= 11 is 0. The van der Waals surface area contributed by atoms with Crippen molar-refractivity contribution in [2.45, 2.75) is 19.9 Å². The number of hydrogen-bond acceptors (Lipinski definition) is 3. The lowest BCUT2D eigenvalue weighted by atomic mass is 10.3. The van der Waals surface area contributed by atoms with Crippen molar-refractivity contribution in [2.24, 2.45) is 0 Å². The van der Waals surface area contributed by atoms with Gasteiger partial charge in [-0.15, -0.1) is 0 Å². The van der Waals surface area contributed by atoms with Gasteiger partial charge in [-0.25, -0.2) is 13.9 Å². The molecule has 2 amide bonds. The van der Waals surface area contributed by atoms with E-state index in [1.54, 1.807) is 41.2 Å². The normalized spacial score (nSPS) is 10.5. The summed E-state index contributed by atoms with van der Waals surface area (Å²) in [5.41, 5.74) is 0.560. The molecule has 0 fully saturated rings. The van der Waals surface area contributed by atoms with Gasteiger partial charge in [0, 0.05) is 23.9 Å². The Balaban J connectivity index is 1.98. The molecule has 22 heavy (non-hydrogen) atoms. The van der Waals surface area contributed by atoms with Crippen LogP contribution in [0.4, 0.5) is 20.7 Å². The Bertz CT molecular complexity index is 628. The Hall–Kier alpha value is -2.57. The van der Waals surface area contributed by atoms with Crippen molar-refractivity contribution in [1.82, 2.24) is 9.78 Å². The zero-order chi connectivity index (χ0) is 15.9. The summed E-state index contributed by atoms with van der Waals surface area (Å²) in [5.74, 6) is 1.11. The number of ether oxygens (including phenoxy) is 1. The number of aromatic nitrogens is 2. The van der Waals surface area contributed by atoms with E-state index >= 15 is 0 Å². The van der Waals surface area contributed by atoms with Gasteiger partial charge >= 0.3 is 6.03 Å². The third-order valence-corrected chi connectivity index (χ3v) is 2.84. The van der Waals surface area contributed by atoms with Crippen molar-refractivity contribution in [2.75, 3.05) is 23.9 Å². The van der Waals surface area contributed by atoms with Crippen LogP contribution in [0.25, 0.3) is 0 Å². The van der Waals surface area contributed by atoms with Crippen LogP contribution in [-0.2, 0) is 0 Å². The van der Waals surface area contributed by atoms with Crippen LogP contribution in [0.1, 0.15) is 19.9 Å². The van der Waals surface area contributed by atoms with Crippen LogP contribution in [0, 0.1) is 0 Å². The number of nitrogens with zero attached hydrogens (tertiary/aromatic N) is 2. The molecule has 0 radical (unpaired) electrons. The van der Waals surface area contributed by atoms with Crippen LogP contribution in [0.3, 0.4) is 0 Å². The number of hydrogen-bond donors (Lipinski definition) is 2. The van der Waals surface area contributed by atoms with Crippen LogP contribution >= 0.6 is 0 Å². The second-order valence-electron chi connectivity index (χ2n) is 4.90. The molecule has 0 saturated heterocycles. The molecule has 1 heterocycles. The number of benzene rings is 1. The number of nitrogens with one attached hydrogen (secondary N) is 2. The van der Waals surface area contributed by atoms with Gasteiger partial charge in [0.15, 0.2) is 0 Å². The van der Waals surface area contributed by atoms with E-state index < -0.39 is 6.67 Å². The summed E-state index contributed by atoms with van der Waals surface area (Å²) in [6.07, 6.45) is 1.63. The number of anilines is 2. The van der Waals surface area contributed by atoms with Gasteiger partial charge < -0.3 is 10.1 Å². The first-order chi connectivity index (χ1) is 10.6. The van der Waals surface area contributed by atoms with Gasteiger partial charge in [-0.05, 0) is 26.0 Å². The average Bonchev–Trinajstić information content (AvgIpc) is 2.93. The molecule has 2 N–H and O–H groups in total. The van der Waals surface area contributed by atoms with Crippen LogP contribution < -0.4 is 15.4 Å². The summed E-state index contributed by atoms with van der Waals surface area (Å²) in [5, 5.41) is 9.57. The van der Waals surface area contributed by atoms with Gasteiger partial charge in [0.25, 0.3) is 0 Å². The minimum Gasteiger partial charge on any atom is -0.491 e. The van der Waals surface area contributed by atoms with Crippen LogP contribution in [-0.4, -0.2) is 29.1 Å². The smallest absolute Gasteiger partial charge is 0.324 e. The lowest BCUT2D eigenvalue weighted by Crippen LogP contribution is -2.22. The van der Waals surface area contributed by atoms with Crippen molar-refractivity contribution >= 4 is 17.5 Å². The molecule has 0 atom stereocenters. The van der Waals surface area contributed by atoms with E-state index in [0.717, 1.165) is 0 Å². The molecule has 2 aromatic rings. The van der Waals surface area contributed by atoms with Crippen molar-refractivity contribution < 1.29 is 13.9 Å². The monoisotopic (exact) mass is 306 g/mol. The second kappa shape index (κ2) is 7.44. The van der Waals surface area contributed by atoms with E-state index in [4.69, 9.17) is 4.74 Å². The molecular weight excluding hydrogens is 287 g/mol. The number of urea groups is 1. The Labute approximate surface area is 128 Å². The molecular formula is C15H19FN4O2. The molecule has 7 heteroatoms. The standard InChI is InChI=1S/C15H19FN4O2/c1-11(2)20-14(6-8-17-20)19-15(21)18-12-4-3-5-13(10-12)22-9-7-16/h3-6,8,10-11H,7,9H2,1-2H3,(H2,18,19,21).